The topological polar surface area (TPSA) is 79.4 Å². The number of hydrogen-bond donors (Lipinski definition) is 1. The fraction of sp³-hybridized carbons (Fsp3) is 0.600. The highest BCUT2D eigenvalue weighted by Gasteiger charge is 2.28. The molecule has 0 spiro atoms. The normalized spacial score (nSPS) is 23.6. The molecular formula is C15H21N3O3S. The monoisotopic (exact) mass is 323 g/mol. The molecule has 1 aromatic heterocycles. The largest absolute Gasteiger partial charge is 0.356 e. The molecule has 3 rings (SSSR count). The van der Waals surface area contributed by atoms with Gasteiger partial charge in [-0.05, 0) is 37.3 Å². The van der Waals surface area contributed by atoms with E-state index >= 15 is 0 Å². The lowest BCUT2D eigenvalue weighted by Crippen LogP contribution is -2.32. The lowest BCUT2D eigenvalue weighted by molar-refractivity contribution is 0.0948. The van der Waals surface area contributed by atoms with Gasteiger partial charge in [0.25, 0.3) is 5.91 Å². The van der Waals surface area contributed by atoms with Crippen LogP contribution >= 0.6 is 0 Å². The Morgan fingerprint density at radius 3 is 2.82 bits per heavy atom. The Bertz CT molecular complexity index is 654. The summed E-state index contributed by atoms with van der Waals surface area (Å²) in [5.74, 6) is 1.01. The van der Waals surface area contributed by atoms with Gasteiger partial charge in [-0.3, -0.25) is 4.79 Å². The van der Waals surface area contributed by atoms with Crippen molar-refractivity contribution in [2.75, 3.05) is 36.0 Å². The van der Waals surface area contributed by atoms with E-state index in [9.17, 15) is 13.2 Å². The van der Waals surface area contributed by atoms with Crippen LogP contribution in [-0.2, 0) is 9.84 Å². The quantitative estimate of drug-likeness (QED) is 0.888. The van der Waals surface area contributed by atoms with Crippen molar-refractivity contribution in [2.24, 2.45) is 5.92 Å². The first kappa shape index (κ1) is 15.3. The fourth-order valence-electron chi connectivity index (χ4n) is 3.12. The van der Waals surface area contributed by atoms with Gasteiger partial charge in [0.05, 0.1) is 17.1 Å². The Labute approximate surface area is 130 Å². The van der Waals surface area contributed by atoms with Crippen molar-refractivity contribution in [1.29, 1.82) is 0 Å². The molecule has 7 heteroatoms. The number of carbonyl (C=O) groups is 1. The van der Waals surface area contributed by atoms with Crippen LogP contribution in [0.1, 0.15) is 29.6 Å². The highest BCUT2D eigenvalue weighted by Crippen LogP contribution is 2.22. The van der Waals surface area contributed by atoms with Gasteiger partial charge in [0.1, 0.15) is 5.82 Å². The Morgan fingerprint density at radius 2 is 2.14 bits per heavy atom. The van der Waals surface area contributed by atoms with E-state index in [1.54, 1.807) is 18.3 Å². The van der Waals surface area contributed by atoms with Crippen LogP contribution in [0.5, 0.6) is 0 Å². The molecule has 2 saturated heterocycles. The summed E-state index contributed by atoms with van der Waals surface area (Å²) in [5, 5.41) is 2.87. The van der Waals surface area contributed by atoms with E-state index in [0.29, 0.717) is 18.5 Å². The molecule has 120 valence electrons. The Hall–Kier alpha value is -1.63. The van der Waals surface area contributed by atoms with Gasteiger partial charge in [-0.2, -0.15) is 0 Å². The van der Waals surface area contributed by atoms with E-state index in [-0.39, 0.29) is 23.3 Å². The maximum Gasteiger partial charge on any atom is 0.255 e. The molecule has 1 N–H and O–H groups in total. The zero-order valence-electron chi connectivity index (χ0n) is 12.5. The Kier molecular flexibility index (Phi) is 4.33. The molecule has 0 bridgehead atoms. The minimum absolute atomic E-state index is 0.0286. The highest BCUT2D eigenvalue weighted by molar-refractivity contribution is 7.91. The number of carbonyl (C=O) groups excluding carboxylic acids is 1. The predicted molar refractivity (Wildman–Crippen MR) is 84.8 cm³/mol. The van der Waals surface area contributed by atoms with Gasteiger partial charge in [0.15, 0.2) is 9.84 Å². The van der Waals surface area contributed by atoms with E-state index in [1.807, 2.05) is 0 Å². The smallest absolute Gasteiger partial charge is 0.255 e. The number of nitrogens with one attached hydrogen (secondary N) is 1. The van der Waals surface area contributed by atoms with Crippen molar-refractivity contribution >= 4 is 21.6 Å². The molecule has 0 unspecified atom stereocenters. The van der Waals surface area contributed by atoms with E-state index < -0.39 is 9.84 Å². The second-order valence-corrected chi connectivity index (χ2v) is 8.28. The number of pyridine rings is 1. The average Bonchev–Trinajstić information content (AvgIpc) is 3.14. The second kappa shape index (κ2) is 6.24. The summed E-state index contributed by atoms with van der Waals surface area (Å²) in [6.07, 6.45) is 4.58. The molecule has 2 fully saturated rings. The maximum atomic E-state index is 12.4. The minimum Gasteiger partial charge on any atom is -0.356 e. The summed E-state index contributed by atoms with van der Waals surface area (Å²) in [5.41, 5.74) is 0.574. The Balaban J connectivity index is 1.65. The van der Waals surface area contributed by atoms with Crippen LogP contribution < -0.4 is 10.2 Å². The molecular weight excluding hydrogens is 302 g/mol. The molecule has 3 heterocycles. The van der Waals surface area contributed by atoms with Crippen LogP contribution in [-0.4, -0.2) is 50.4 Å². The SMILES string of the molecule is O=C(NC[C@@H]1CCS(=O)(=O)C1)c1cccnc1N1CCCC1. The van der Waals surface area contributed by atoms with Crippen molar-refractivity contribution in [2.45, 2.75) is 19.3 Å². The molecule has 6 nitrogen and oxygen atoms in total. The molecule has 0 aliphatic carbocycles. The number of rotatable bonds is 4. The summed E-state index contributed by atoms with van der Waals surface area (Å²) in [6.45, 7) is 2.27. The molecule has 2 aliphatic rings. The molecule has 22 heavy (non-hydrogen) atoms. The second-order valence-electron chi connectivity index (χ2n) is 6.05. The first-order valence-corrected chi connectivity index (χ1v) is 9.56. The van der Waals surface area contributed by atoms with Gasteiger partial charge in [0, 0.05) is 25.8 Å². The van der Waals surface area contributed by atoms with E-state index in [2.05, 4.69) is 15.2 Å². The van der Waals surface area contributed by atoms with Crippen molar-refractivity contribution < 1.29 is 13.2 Å². The summed E-state index contributed by atoms with van der Waals surface area (Å²) < 4.78 is 22.9. The van der Waals surface area contributed by atoms with Gasteiger partial charge in [0.2, 0.25) is 0 Å². The lowest BCUT2D eigenvalue weighted by Gasteiger charge is -2.19. The van der Waals surface area contributed by atoms with Gasteiger partial charge in [-0.25, -0.2) is 13.4 Å². The summed E-state index contributed by atoms with van der Waals surface area (Å²) in [7, 11) is -2.90. The third-order valence-electron chi connectivity index (χ3n) is 4.31. The molecule has 0 radical (unpaired) electrons. The third-order valence-corrected chi connectivity index (χ3v) is 6.15. The molecule has 0 aromatic carbocycles. The van der Waals surface area contributed by atoms with Crippen molar-refractivity contribution in [3.05, 3.63) is 23.9 Å². The standard InChI is InChI=1S/C15H21N3O3S/c19-15(17-10-12-5-9-22(20,21)11-12)13-4-3-6-16-14(13)18-7-1-2-8-18/h3-4,6,12H,1-2,5,7-11H2,(H,17,19)/t12-/m0/s1. The molecule has 1 atom stereocenters. The third kappa shape index (κ3) is 3.40. The summed E-state index contributed by atoms with van der Waals surface area (Å²) in [6, 6.07) is 3.54. The van der Waals surface area contributed by atoms with Crippen LogP contribution in [0.15, 0.2) is 18.3 Å². The van der Waals surface area contributed by atoms with Crippen LogP contribution in [0.4, 0.5) is 5.82 Å². The average molecular weight is 323 g/mol. The Morgan fingerprint density at radius 1 is 1.36 bits per heavy atom. The number of nitrogens with zero attached hydrogens (tertiary/aromatic N) is 2. The van der Waals surface area contributed by atoms with Gasteiger partial charge < -0.3 is 10.2 Å². The summed E-state index contributed by atoms with van der Waals surface area (Å²) >= 11 is 0. The highest BCUT2D eigenvalue weighted by atomic mass is 32.2. The van der Waals surface area contributed by atoms with Gasteiger partial charge in [-0.15, -0.1) is 0 Å². The summed E-state index contributed by atoms with van der Waals surface area (Å²) in [4.78, 5) is 18.9. The number of aromatic nitrogens is 1. The van der Waals surface area contributed by atoms with Crippen LogP contribution in [0, 0.1) is 5.92 Å². The van der Waals surface area contributed by atoms with Crippen molar-refractivity contribution in [3.63, 3.8) is 0 Å². The molecule has 0 saturated carbocycles. The van der Waals surface area contributed by atoms with E-state index in [0.717, 1.165) is 31.7 Å². The lowest BCUT2D eigenvalue weighted by atomic mass is 10.1. The first-order valence-electron chi connectivity index (χ1n) is 7.74. The van der Waals surface area contributed by atoms with Crippen molar-refractivity contribution in [3.8, 4) is 0 Å². The number of hydrogen-bond acceptors (Lipinski definition) is 5. The van der Waals surface area contributed by atoms with Crippen LogP contribution in [0.2, 0.25) is 0 Å². The van der Waals surface area contributed by atoms with Crippen LogP contribution in [0.3, 0.4) is 0 Å². The molecule has 2 aliphatic heterocycles. The first-order chi connectivity index (χ1) is 10.6. The van der Waals surface area contributed by atoms with Crippen LogP contribution in [0.25, 0.3) is 0 Å². The van der Waals surface area contributed by atoms with Crippen molar-refractivity contribution in [1.82, 2.24) is 10.3 Å². The zero-order valence-corrected chi connectivity index (χ0v) is 13.3. The number of sulfone groups is 1. The molecule has 1 amide bonds. The zero-order chi connectivity index (χ0) is 15.6. The fourth-order valence-corrected chi connectivity index (χ4v) is 4.98. The van der Waals surface area contributed by atoms with Gasteiger partial charge in [-0.1, -0.05) is 0 Å². The number of anilines is 1. The van der Waals surface area contributed by atoms with Gasteiger partial charge >= 0.3 is 0 Å². The molecule has 1 aromatic rings. The minimum atomic E-state index is -2.90. The number of amides is 1. The predicted octanol–water partition coefficient (Wildman–Crippen LogP) is 0.846. The van der Waals surface area contributed by atoms with E-state index in [1.165, 1.54) is 0 Å². The maximum absolute atomic E-state index is 12.4. The van der Waals surface area contributed by atoms with E-state index in [4.69, 9.17) is 0 Å².